The van der Waals surface area contributed by atoms with Crippen LogP contribution in [0.4, 0.5) is 10.1 Å². The van der Waals surface area contributed by atoms with Gasteiger partial charge in [-0.25, -0.2) is 21.2 Å². The number of halogens is 3. The Morgan fingerprint density at radius 1 is 1.11 bits per heavy atom. The lowest BCUT2D eigenvalue weighted by Gasteiger charge is -2.31. The predicted octanol–water partition coefficient (Wildman–Crippen LogP) is 3.73. The Hall–Kier alpha value is -1.35. The van der Waals surface area contributed by atoms with E-state index in [0.29, 0.717) is 18.4 Å². The number of nitrogens with zero attached hydrogens (tertiary/aromatic N) is 1. The fraction of sp³-hybridized carbons (Fsp3) is 0.294. The molecule has 0 saturated heterocycles. The smallest absolute Gasteiger partial charge is 0.249 e. The number of rotatable bonds is 5. The van der Waals surface area contributed by atoms with E-state index in [4.69, 9.17) is 23.2 Å². The van der Waals surface area contributed by atoms with Crippen molar-refractivity contribution in [1.82, 2.24) is 0 Å². The van der Waals surface area contributed by atoms with E-state index in [1.807, 2.05) is 0 Å². The summed E-state index contributed by atoms with van der Waals surface area (Å²) in [6.07, 6.45) is 1.13. The molecule has 0 spiro atoms. The molecule has 0 atom stereocenters. The summed E-state index contributed by atoms with van der Waals surface area (Å²) < 4.78 is 65.2. The second-order valence-electron chi connectivity index (χ2n) is 6.16. The molecule has 1 aliphatic rings. The van der Waals surface area contributed by atoms with Crippen LogP contribution in [0, 0.1) is 5.82 Å². The van der Waals surface area contributed by atoms with Crippen molar-refractivity contribution < 1.29 is 21.2 Å². The van der Waals surface area contributed by atoms with Crippen molar-refractivity contribution in [3.63, 3.8) is 0 Å². The van der Waals surface area contributed by atoms with Crippen LogP contribution in [0.3, 0.4) is 0 Å². The van der Waals surface area contributed by atoms with Crippen molar-refractivity contribution in [2.45, 2.75) is 23.5 Å². The molecule has 3 rings (SSSR count). The summed E-state index contributed by atoms with van der Waals surface area (Å²) >= 11 is 11.6. The molecule has 0 N–H and O–H groups in total. The van der Waals surface area contributed by atoms with Gasteiger partial charge in [0, 0.05) is 11.6 Å². The van der Waals surface area contributed by atoms with Crippen LogP contribution in [0.15, 0.2) is 41.3 Å². The van der Waals surface area contributed by atoms with Gasteiger partial charge >= 0.3 is 0 Å². The summed E-state index contributed by atoms with van der Waals surface area (Å²) in [5.74, 6) is -1.05. The summed E-state index contributed by atoms with van der Waals surface area (Å²) in [7, 11) is -7.79. The van der Waals surface area contributed by atoms with Crippen LogP contribution in [0.5, 0.6) is 0 Å². The molecule has 0 aliphatic carbocycles. The third kappa shape index (κ3) is 4.08. The second kappa shape index (κ2) is 7.58. The Balaban J connectivity index is 2.12. The highest BCUT2D eigenvalue weighted by atomic mass is 35.5. The average Bonchev–Trinajstić information content (AvgIpc) is 2.63. The van der Waals surface area contributed by atoms with Gasteiger partial charge in [0.05, 0.1) is 16.3 Å². The average molecular weight is 452 g/mol. The van der Waals surface area contributed by atoms with Gasteiger partial charge in [0.15, 0.2) is 9.84 Å². The fourth-order valence-electron chi connectivity index (χ4n) is 3.09. The summed E-state index contributed by atoms with van der Waals surface area (Å²) in [6, 6.07) is 8.12. The monoisotopic (exact) mass is 451 g/mol. The number of aryl methyl sites for hydroxylation is 1. The molecule has 5 nitrogen and oxygen atoms in total. The van der Waals surface area contributed by atoms with Crippen molar-refractivity contribution in [3.05, 3.63) is 58.4 Å². The molecule has 0 amide bonds. The molecule has 10 heteroatoms. The molecule has 1 aliphatic heterocycles. The highest BCUT2D eigenvalue weighted by molar-refractivity contribution is 7.94. The summed E-state index contributed by atoms with van der Waals surface area (Å²) in [6.45, 7) is 0.159. The van der Waals surface area contributed by atoms with Gasteiger partial charge in [-0.05, 0) is 42.2 Å². The van der Waals surface area contributed by atoms with Crippen LogP contribution in [0.1, 0.15) is 17.5 Å². The highest BCUT2D eigenvalue weighted by Crippen LogP contribution is 2.37. The molecule has 0 bridgehead atoms. The van der Waals surface area contributed by atoms with Crippen molar-refractivity contribution in [1.29, 1.82) is 0 Å². The van der Waals surface area contributed by atoms with Crippen LogP contribution in [0.2, 0.25) is 5.02 Å². The van der Waals surface area contributed by atoms with E-state index in [1.54, 1.807) is 12.1 Å². The molecule has 0 saturated carbocycles. The molecule has 2 aromatic rings. The van der Waals surface area contributed by atoms with E-state index in [1.165, 1.54) is 12.1 Å². The number of benzene rings is 2. The van der Waals surface area contributed by atoms with E-state index >= 15 is 0 Å². The van der Waals surface area contributed by atoms with Crippen molar-refractivity contribution in [2.24, 2.45) is 0 Å². The number of alkyl halides is 1. The van der Waals surface area contributed by atoms with Gasteiger partial charge in [-0.2, -0.15) is 0 Å². The molecular formula is C17H16Cl2FNO4S2. The standard InChI is InChI=1S/C17H16Cl2FNO4S2/c18-11-27(24,25)21-8-2-4-12-3-1-5-16(17(12)21)26(22,23)10-13-6-7-14(20)9-15(13)19/h1,3,5-7,9H,2,4,8,10-11H2. The molecule has 146 valence electrons. The van der Waals surface area contributed by atoms with E-state index < -0.39 is 36.6 Å². The molecular weight excluding hydrogens is 436 g/mol. The Morgan fingerprint density at radius 3 is 2.52 bits per heavy atom. The highest BCUT2D eigenvalue weighted by Gasteiger charge is 2.33. The van der Waals surface area contributed by atoms with Gasteiger partial charge < -0.3 is 0 Å². The topological polar surface area (TPSA) is 71.5 Å². The fourth-order valence-corrected chi connectivity index (χ4v) is 6.47. The largest absolute Gasteiger partial charge is 0.268 e. The second-order valence-corrected chi connectivity index (χ2v) is 11.0. The maximum absolute atomic E-state index is 13.2. The minimum Gasteiger partial charge on any atom is -0.268 e. The first kappa shape index (κ1) is 20.4. The maximum atomic E-state index is 13.2. The normalized spacial score (nSPS) is 14.9. The number of sulfonamides is 1. The molecule has 0 aromatic heterocycles. The van der Waals surface area contributed by atoms with Crippen LogP contribution < -0.4 is 4.31 Å². The quantitative estimate of drug-likeness (QED) is 0.649. The Labute approximate surface area is 167 Å². The molecule has 0 radical (unpaired) electrons. The first-order valence-electron chi connectivity index (χ1n) is 8.00. The Bertz CT molecular complexity index is 1090. The lowest BCUT2D eigenvalue weighted by atomic mass is 10.0. The van der Waals surface area contributed by atoms with Crippen molar-refractivity contribution >= 4 is 48.7 Å². The van der Waals surface area contributed by atoms with Crippen LogP contribution in [-0.2, 0) is 32.0 Å². The number of para-hydroxylation sites is 1. The Morgan fingerprint density at radius 2 is 1.85 bits per heavy atom. The van der Waals surface area contributed by atoms with Gasteiger partial charge in [0.1, 0.15) is 11.0 Å². The van der Waals surface area contributed by atoms with E-state index in [2.05, 4.69) is 0 Å². The molecule has 27 heavy (non-hydrogen) atoms. The first-order valence-corrected chi connectivity index (χ1v) is 12.2. The number of sulfone groups is 1. The van der Waals surface area contributed by atoms with Gasteiger partial charge in [-0.1, -0.05) is 29.8 Å². The SMILES string of the molecule is O=S(=O)(Cc1ccc(F)cc1Cl)c1cccc2c1N(S(=O)(=O)CCl)CCC2. The molecule has 0 fully saturated rings. The van der Waals surface area contributed by atoms with Gasteiger partial charge in [0.2, 0.25) is 10.0 Å². The molecule has 2 aromatic carbocycles. The Kier molecular flexibility index (Phi) is 5.72. The maximum Gasteiger partial charge on any atom is 0.249 e. The summed E-state index contributed by atoms with van der Waals surface area (Å²) in [5.41, 5.74) is 1.00. The lowest BCUT2D eigenvalue weighted by molar-refractivity contribution is 0.588. The van der Waals surface area contributed by atoms with Crippen LogP contribution in [-0.4, -0.2) is 28.6 Å². The minimum absolute atomic E-state index is 0.00592. The number of hydrogen-bond acceptors (Lipinski definition) is 4. The summed E-state index contributed by atoms with van der Waals surface area (Å²) in [5, 5.41) is -0.654. The molecule has 0 unspecified atom stereocenters. The zero-order chi connectivity index (χ0) is 19.8. The van der Waals surface area contributed by atoms with E-state index in [-0.39, 0.29) is 27.7 Å². The third-order valence-electron chi connectivity index (χ3n) is 4.31. The number of anilines is 1. The van der Waals surface area contributed by atoms with Crippen molar-refractivity contribution in [3.8, 4) is 0 Å². The number of hydrogen-bond donors (Lipinski definition) is 0. The van der Waals surface area contributed by atoms with E-state index in [9.17, 15) is 21.2 Å². The zero-order valence-electron chi connectivity index (χ0n) is 14.0. The van der Waals surface area contributed by atoms with Gasteiger partial charge in [0.25, 0.3) is 0 Å². The third-order valence-corrected chi connectivity index (χ3v) is 8.49. The van der Waals surface area contributed by atoms with Gasteiger partial charge in [-0.3, -0.25) is 4.31 Å². The minimum atomic E-state index is -3.95. The number of fused-ring (bicyclic) bond motifs is 1. The van der Waals surface area contributed by atoms with Crippen molar-refractivity contribution in [2.75, 3.05) is 16.1 Å². The predicted molar refractivity (Wildman–Crippen MR) is 104 cm³/mol. The lowest BCUT2D eigenvalue weighted by Crippen LogP contribution is -2.37. The molecule has 1 heterocycles. The zero-order valence-corrected chi connectivity index (χ0v) is 17.2. The van der Waals surface area contributed by atoms with Crippen LogP contribution >= 0.6 is 23.2 Å². The first-order chi connectivity index (χ1) is 12.7. The van der Waals surface area contributed by atoms with E-state index in [0.717, 1.165) is 16.4 Å². The summed E-state index contributed by atoms with van der Waals surface area (Å²) in [4.78, 5) is -0.103. The van der Waals surface area contributed by atoms with Crippen LogP contribution in [0.25, 0.3) is 0 Å². The van der Waals surface area contributed by atoms with Gasteiger partial charge in [-0.15, -0.1) is 11.6 Å².